The Bertz CT molecular complexity index is 947. The van der Waals surface area contributed by atoms with E-state index in [4.69, 9.17) is 0 Å². The average Bonchev–Trinajstić information content (AvgIpc) is 2.52. The van der Waals surface area contributed by atoms with Crippen molar-refractivity contribution < 1.29 is 9.18 Å². The largest absolute Gasteiger partial charge is 0.324 e. The predicted molar refractivity (Wildman–Crippen MR) is 88.0 cm³/mol. The molecule has 0 radical (unpaired) electrons. The summed E-state index contributed by atoms with van der Waals surface area (Å²) in [4.78, 5) is 24.6. The van der Waals surface area contributed by atoms with Gasteiger partial charge in [0.05, 0.1) is 5.52 Å². The molecule has 0 saturated heterocycles. The Hall–Kier alpha value is -2.95. The molecule has 0 fully saturated rings. The van der Waals surface area contributed by atoms with E-state index in [-0.39, 0.29) is 18.0 Å². The molecule has 1 heterocycles. The van der Waals surface area contributed by atoms with Gasteiger partial charge < -0.3 is 5.32 Å². The number of carbonyl (C=O) groups excluding carboxylic acids is 1. The molecular formula is C18H15FN2O2. The van der Waals surface area contributed by atoms with Crippen LogP contribution >= 0.6 is 0 Å². The molecular weight excluding hydrogens is 295 g/mol. The second-order valence-corrected chi connectivity index (χ2v) is 5.34. The number of para-hydroxylation sites is 1. The van der Waals surface area contributed by atoms with Crippen molar-refractivity contribution in [3.8, 4) is 0 Å². The molecule has 0 bridgehead atoms. The number of aromatic nitrogens is 1. The van der Waals surface area contributed by atoms with Gasteiger partial charge in [-0.3, -0.25) is 14.2 Å². The molecule has 3 rings (SSSR count). The average molecular weight is 310 g/mol. The summed E-state index contributed by atoms with van der Waals surface area (Å²) in [6, 6.07) is 14.8. The smallest absolute Gasteiger partial charge is 0.254 e. The van der Waals surface area contributed by atoms with Crippen LogP contribution in [0.3, 0.4) is 0 Å². The highest BCUT2D eigenvalue weighted by atomic mass is 19.1. The number of rotatable bonds is 3. The number of halogens is 1. The van der Waals surface area contributed by atoms with Gasteiger partial charge in [0, 0.05) is 11.3 Å². The highest BCUT2D eigenvalue weighted by Crippen LogP contribution is 2.14. The molecule has 0 spiro atoms. The Morgan fingerprint density at radius 1 is 1.13 bits per heavy atom. The maximum Gasteiger partial charge on any atom is 0.254 e. The van der Waals surface area contributed by atoms with E-state index in [1.807, 2.05) is 18.2 Å². The van der Waals surface area contributed by atoms with Crippen molar-refractivity contribution in [2.24, 2.45) is 0 Å². The first-order chi connectivity index (χ1) is 11.0. The number of aryl methyl sites for hydroxylation is 1. The highest BCUT2D eigenvalue weighted by Gasteiger charge is 2.10. The third-order valence-corrected chi connectivity index (χ3v) is 3.59. The summed E-state index contributed by atoms with van der Waals surface area (Å²) >= 11 is 0. The molecule has 5 heteroatoms. The molecule has 23 heavy (non-hydrogen) atoms. The number of benzene rings is 2. The first-order valence-corrected chi connectivity index (χ1v) is 7.19. The van der Waals surface area contributed by atoms with Crippen molar-refractivity contribution in [3.05, 3.63) is 76.3 Å². The highest BCUT2D eigenvalue weighted by molar-refractivity contribution is 5.91. The van der Waals surface area contributed by atoms with Crippen molar-refractivity contribution >= 4 is 22.5 Å². The van der Waals surface area contributed by atoms with E-state index in [9.17, 15) is 14.0 Å². The van der Waals surface area contributed by atoms with Crippen LogP contribution in [0.2, 0.25) is 0 Å². The second-order valence-electron chi connectivity index (χ2n) is 5.34. The van der Waals surface area contributed by atoms with Crippen LogP contribution < -0.4 is 10.9 Å². The molecule has 0 unspecified atom stereocenters. The normalized spacial score (nSPS) is 10.7. The summed E-state index contributed by atoms with van der Waals surface area (Å²) in [5.41, 5.74) is 1.41. The van der Waals surface area contributed by atoms with Crippen LogP contribution in [0.1, 0.15) is 5.56 Å². The van der Waals surface area contributed by atoms with E-state index >= 15 is 0 Å². The third kappa shape index (κ3) is 3.13. The predicted octanol–water partition coefficient (Wildman–Crippen LogP) is 3.09. The third-order valence-electron chi connectivity index (χ3n) is 3.59. The fourth-order valence-corrected chi connectivity index (χ4v) is 2.54. The quantitative estimate of drug-likeness (QED) is 0.808. The van der Waals surface area contributed by atoms with Crippen molar-refractivity contribution in [3.63, 3.8) is 0 Å². The monoisotopic (exact) mass is 310 g/mol. The molecule has 1 amide bonds. The summed E-state index contributed by atoms with van der Waals surface area (Å²) in [6.07, 6.45) is 0. The Morgan fingerprint density at radius 2 is 1.91 bits per heavy atom. The minimum atomic E-state index is -0.430. The number of amides is 1. The Balaban J connectivity index is 1.93. The molecule has 4 nitrogen and oxygen atoms in total. The second kappa shape index (κ2) is 6.04. The van der Waals surface area contributed by atoms with Crippen molar-refractivity contribution in [1.82, 2.24) is 4.57 Å². The number of nitrogens with zero attached hydrogens (tertiary/aromatic N) is 1. The van der Waals surface area contributed by atoms with E-state index in [2.05, 4.69) is 5.32 Å². The first-order valence-electron chi connectivity index (χ1n) is 7.19. The summed E-state index contributed by atoms with van der Waals surface area (Å²) in [5, 5.41) is 3.50. The van der Waals surface area contributed by atoms with Gasteiger partial charge in [-0.25, -0.2) is 4.39 Å². The van der Waals surface area contributed by atoms with Crippen molar-refractivity contribution in [1.29, 1.82) is 0 Å². The number of hydrogen-bond acceptors (Lipinski definition) is 2. The summed E-state index contributed by atoms with van der Waals surface area (Å²) in [7, 11) is 0. The van der Waals surface area contributed by atoms with Gasteiger partial charge in [0.2, 0.25) is 5.91 Å². The van der Waals surface area contributed by atoms with Crippen LogP contribution in [0.5, 0.6) is 0 Å². The lowest BCUT2D eigenvalue weighted by Crippen LogP contribution is -2.29. The van der Waals surface area contributed by atoms with Crippen LogP contribution in [0.15, 0.2) is 59.4 Å². The molecule has 116 valence electrons. The summed E-state index contributed by atoms with van der Waals surface area (Å²) < 4.78 is 14.6. The van der Waals surface area contributed by atoms with Gasteiger partial charge in [-0.1, -0.05) is 24.3 Å². The van der Waals surface area contributed by atoms with Gasteiger partial charge in [-0.2, -0.15) is 0 Å². The number of pyridine rings is 1. The fraction of sp³-hybridized carbons (Fsp3) is 0.111. The van der Waals surface area contributed by atoms with E-state index in [1.54, 1.807) is 25.1 Å². The minimum Gasteiger partial charge on any atom is -0.324 e. The molecule has 0 atom stereocenters. The van der Waals surface area contributed by atoms with E-state index < -0.39 is 5.82 Å². The fourth-order valence-electron chi connectivity index (χ4n) is 2.54. The van der Waals surface area contributed by atoms with E-state index in [0.717, 1.165) is 5.39 Å². The Morgan fingerprint density at radius 3 is 2.70 bits per heavy atom. The zero-order valence-corrected chi connectivity index (χ0v) is 12.5. The van der Waals surface area contributed by atoms with Gasteiger partial charge in [-0.15, -0.1) is 0 Å². The molecule has 0 aliphatic heterocycles. The summed E-state index contributed by atoms with van der Waals surface area (Å²) in [6.45, 7) is 1.59. The molecule has 1 aromatic heterocycles. The SMILES string of the molecule is Cc1cc2ccccc2n(CC(=O)Nc2cccc(F)c2)c1=O. The van der Waals surface area contributed by atoms with Crippen LogP contribution in [-0.2, 0) is 11.3 Å². The zero-order chi connectivity index (χ0) is 16.4. The first kappa shape index (κ1) is 15.0. The van der Waals surface area contributed by atoms with Crippen LogP contribution in [0.25, 0.3) is 10.9 Å². The maximum absolute atomic E-state index is 13.2. The van der Waals surface area contributed by atoms with Crippen LogP contribution in [0.4, 0.5) is 10.1 Å². The minimum absolute atomic E-state index is 0.127. The maximum atomic E-state index is 13.2. The Labute approximate surface area is 132 Å². The topological polar surface area (TPSA) is 51.1 Å². The lowest BCUT2D eigenvalue weighted by atomic mass is 10.1. The molecule has 3 aromatic rings. The Kier molecular flexibility index (Phi) is 3.93. The van der Waals surface area contributed by atoms with Crippen molar-refractivity contribution in [2.75, 3.05) is 5.32 Å². The standard InChI is InChI=1S/C18H15FN2O2/c1-12-9-13-5-2-3-8-16(13)21(18(12)23)11-17(22)20-15-7-4-6-14(19)10-15/h2-10H,11H2,1H3,(H,20,22). The number of fused-ring (bicyclic) bond motifs is 1. The van der Waals surface area contributed by atoms with Gasteiger partial charge in [-0.05, 0) is 42.6 Å². The zero-order valence-electron chi connectivity index (χ0n) is 12.5. The summed E-state index contributed by atoms with van der Waals surface area (Å²) in [5.74, 6) is -0.811. The lowest BCUT2D eigenvalue weighted by Gasteiger charge is -2.12. The molecule has 0 saturated carbocycles. The van der Waals surface area contributed by atoms with E-state index in [0.29, 0.717) is 16.8 Å². The van der Waals surface area contributed by atoms with E-state index in [1.165, 1.54) is 22.8 Å². The number of anilines is 1. The number of hydrogen-bond donors (Lipinski definition) is 1. The van der Waals surface area contributed by atoms with Gasteiger partial charge >= 0.3 is 0 Å². The van der Waals surface area contributed by atoms with Gasteiger partial charge in [0.25, 0.3) is 5.56 Å². The lowest BCUT2D eigenvalue weighted by molar-refractivity contribution is -0.116. The van der Waals surface area contributed by atoms with Gasteiger partial charge in [0.1, 0.15) is 12.4 Å². The number of carbonyl (C=O) groups is 1. The molecule has 1 N–H and O–H groups in total. The van der Waals surface area contributed by atoms with Crippen LogP contribution in [-0.4, -0.2) is 10.5 Å². The van der Waals surface area contributed by atoms with Crippen molar-refractivity contribution in [2.45, 2.75) is 13.5 Å². The molecule has 2 aromatic carbocycles. The molecule has 0 aliphatic rings. The number of nitrogens with one attached hydrogen (secondary N) is 1. The van der Waals surface area contributed by atoms with Crippen LogP contribution in [0, 0.1) is 12.7 Å². The van der Waals surface area contributed by atoms with Gasteiger partial charge in [0.15, 0.2) is 0 Å². The molecule has 0 aliphatic carbocycles.